The molecule has 0 aromatic heterocycles. The Hall–Kier alpha value is -1.92. The van der Waals surface area contributed by atoms with Crippen LogP contribution in [0.4, 0.5) is 11.4 Å². The first kappa shape index (κ1) is 23.2. The Morgan fingerprint density at radius 3 is 1.44 bits per heavy atom. The van der Waals surface area contributed by atoms with E-state index in [9.17, 15) is 9.59 Å². The number of allylic oxidation sites excluding steroid dienone is 2. The van der Waals surface area contributed by atoms with Gasteiger partial charge in [-0.15, -0.1) is 0 Å². The summed E-state index contributed by atoms with van der Waals surface area (Å²) < 4.78 is 1.86. The SMILES string of the molecule is CCCCCN1/C(=C2/C(=O)c3ccc(Br)cc3N2CCCCC)C(=O)c2ccc(Br)cc21. The number of fused-ring (bicyclic) bond motifs is 2. The summed E-state index contributed by atoms with van der Waals surface area (Å²) in [7, 11) is 0. The van der Waals surface area contributed by atoms with Gasteiger partial charge in [0.15, 0.2) is 0 Å². The van der Waals surface area contributed by atoms with Crippen LogP contribution in [0.1, 0.15) is 73.1 Å². The number of halogens is 2. The first-order valence-electron chi connectivity index (χ1n) is 11.5. The Bertz CT molecular complexity index is 1010. The predicted octanol–water partition coefficient (Wildman–Crippen LogP) is 7.51. The van der Waals surface area contributed by atoms with Crippen LogP contribution in [0.25, 0.3) is 0 Å². The third kappa shape index (κ3) is 4.19. The van der Waals surface area contributed by atoms with Gasteiger partial charge in [-0.1, -0.05) is 71.4 Å². The molecule has 0 spiro atoms. The molecule has 2 heterocycles. The van der Waals surface area contributed by atoms with E-state index in [1.165, 1.54) is 0 Å². The molecule has 2 aromatic rings. The van der Waals surface area contributed by atoms with Crippen LogP contribution in [0.2, 0.25) is 0 Å². The predicted molar refractivity (Wildman–Crippen MR) is 138 cm³/mol. The van der Waals surface area contributed by atoms with E-state index in [2.05, 4.69) is 55.5 Å². The number of rotatable bonds is 8. The number of ketones is 2. The summed E-state index contributed by atoms with van der Waals surface area (Å²) in [5.74, 6) is -0.112. The van der Waals surface area contributed by atoms with E-state index < -0.39 is 0 Å². The van der Waals surface area contributed by atoms with Crippen LogP contribution in [-0.2, 0) is 0 Å². The fourth-order valence-corrected chi connectivity index (χ4v) is 5.25. The van der Waals surface area contributed by atoms with E-state index in [1.54, 1.807) is 0 Å². The molecular formula is C26H28Br2N2O2. The highest BCUT2D eigenvalue weighted by Crippen LogP contribution is 2.44. The standard InChI is InChI=1S/C26H28Br2N2O2/c1-3-5-7-13-29-21-15-17(27)9-11-19(21)25(31)23(29)24-26(32)20-12-10-18(28)16-22(20)30(24)14-8-6-4-2/h9-12,15-16H,3-8,13-14H2,1-2H3/b24-23-. The molecule has 2 aromatic carbocycles. The topological polar surface area (TPSA) is 40.6 Å². The van der Waals surface area contributed by atoms with Crippen LogP contribution in [0, 0.1) is 0 Å². The van der Waals surface area contributed by atoms with Crippen LogP contribution in [0.15, 0.2) is 56.7 Å². The van der Waals surface area contributed by atoms with E-state index in [0.29, 0.717) is 22.5 Å². The highest BCUT2D eigenvalue weighted by molar-refractivity contribution is 9.10. The molecule has 2 aliphatic heterocycles. The van der Waals surface area contributed by atoms with Crippen molar-refractivity contribution in [2.24, 2.45) is 0 Å². The second kappa shape index (κ2) is 9.92. The molecule has 6 heteroatoms. The maximum Gasteiger partial charge on any atom is 0.213 e. The number of carbonyl (C=O) groups excluding carboxylic acids is 2. The Balaban J connectivity index is 1.86. The van der Waals surface area contributed by atoms with Crippen LogP contribution >= 0.6 is 31.9 Å². The summed E-state index contributed by atoms with van der Waals surface area (Å²) >= 11 is 7.12. The van der Waals surface area contributed by atoms with Crippen molar-refractivity contribution >= 4 is 54.8 Å². The quantitative estimate of drug-likeness (QED) is 0.248. The number of hydrogen-bond donors (Lipinski definition) is 0. The molecule has 168 valence electrons. The first-order valence-corrected chi connectivity index (χ1v) is 13.0. The van der Waals surface area contributed by atoms with Crippen LogP contribution < -0.4 is 9.80 Å². The second-order valence-electron chi connectivity index (χ2n) is 8.40. The maximum absolute atomic E-state index is 13.7. The summed E-state index contributed by atoms with van der Waals surface area (Å²) in [6, 6.07) is 11.5. The third-order valence-electron chi connectivity index (χ3n) is 6.16. The van der Waals surface area contributed by atoms with Gasteiger partial charge in [0.1, 0.15) is 11.4 Å². The minimum atomic E-state index is -0.0558. The summed E-state index contributed by atoms with van der Waals surface area (Å²) in [5.41, 5.74) is 4.19. The minimum absolute atomic E-state index is 0.0558. The molecule has 0 saturated carbocycles. The lowest BCUT2D eigenvalue weighted by atomic mass is 10.1. The van der Waals surface area contributed by atoms with Crippen molar-refractivity contribution < 1.29 is 9.59 Å². The monoisotopic (exact) mass is 558 g/mol. The van der Waals surface area contributed by atoms with Gasteiger partial charge >= 0.3 is 0 Å². The zero-order valence-electron chi connectivity index (χ0n) is 18.6. The molecular weight excluding hydrogens is 532 g/mol. The second-order valence-corrected chi connectivity index (χ2v) is 10.2. The van der Waals surface area contributed by atoms with Gasteiger partial charge in [-0.25, -0.2) is 0 Å². The van der Waals surface area contributed by atoms with Crippen LogP contribution in [0.5, 0.6) is 0 Å². The normalized spacial score (nSPS) is 17.4. The summed E-state index contributed by atoms with van der Waals surface area (Å²) in [6.45, 7) is 5.78. The van der Waals surface area contributed by atoms with Gasteiger partial charge < -0.3 is 9.80 Å². The number of benzene rings is 2. The molecule has 0 atom stereocenters. The lowest BCUT2D eigenvalue weighted by molar-refractivity contribution is 0.100. The number of anilines is 2. The summed E-state index contributed by atoms with van der Waals surface area (Å²) in [6.07, 6.45) is 6.29. The Kier molecular flexibility index (Phi) is 7.21. The van der Waals surface area contributed by atoms with Gasteiger partial charge in [0, 0.05) is 33.2 Å². The largest absolute Gasteiger partial charge is 0.336 e. The van der Waals surface area contributed by atoms with Gasteiger partial charge in [-0.3, -0.25) is 9.59 Å². The molecule has 2 aliphatic rings. The summed E-state index contributed by atoms with van der Waals surface area (Å²) in [5, 5.41) is 0. The number of carbonyl (C=O) groups is 2. The smallest absolute Gasteiger partial charge is 0.213 e. The van der Waals surface area contributed by atoms with Gasteiger partial charge in [-0.2, -0.15) is 0 Å². The molecule has 4 nitrogen and oxygen atoms in total. The Morgan fingerprint density at radius 1 is 0.656 bits per heavy atom. The number of Topliss-reactive ketones (excluding diaryl/α,β-unsaturated/α-hetero) is 2. The zero-order chi connectivity index (χ0) is 22.8. The molecule has 0 bridgehead atoms. The lowest BCUT2D eigenvalue weighted by Gasteiger charge is -2.26. The average molecular weight is 560 g/mol. The van der Waals surface area contributed by atoms with E-state index in [-0.39, 0.29) is 11.6 Å². The molecule has 0 unspecified atom stereocenters. The molecule has 0 N–H and O–H groups in total. The van der Waals surface area contributed by atoms with Crippen molar-refractivity contribution in [3.8, 4) is 0 Å². The number of unbranched alkanes of at least 4 members (excludes halogenated alkanes) is 4. The lowest BCUT2D eigenvalue weighted by Crippen LogP contribution is -2.31. The third-order valence-corrected chi connectivity index (χ3v) is 7.14. The van der Waals surface area contributed by atoms with Crippen molar-refractivity contribution in [3.63, 3.8) is 0 Å². The first-order chi connectivity index (χ1) is 15.5. The minimum Gasteiger partial charge on any atom is -0.336 e. The van der Waals surface area contributed by atoms with E-state index in [0.717, 1.165) is 71.9 Å². The van der Waals surface area contributed by atoms with Crippen LogP contribution in [-0.4, -0.2) is 24.7 Å². The van der Waals surface area contributed by atoms with E-state index in [1.807, 2.05) is 36.4 Å². The van der Waals surface area contributed by atoms with Gasteiger partial charge in [0.05, 0.1) is 11.4 Å². The molecule has 0 radical (unpaired) electrons. The van der Waals surface area contributed by atoms with Gasteiger partial charge in [-0.05, 0) is 49.2 Å². The molecule has 0 fully saturated rings. The van der Waals surface area contributed by atoms with E-state index in [4.69, 9.17) is 0 Å². The molecule has 32 heavy (non-hydrogen) atoms. The fourth-order valence-electron chi connectivity index (χ4n) is 4.56. The van der Waals surface area contributed by atoms with Crippen molar-refractivity contribution in [2.45, 2.75) is 52.4 Å². The molecule has 0 aliphatic carbocycles. The maximum atomic E-state index is 13.7. The van der Waals surface area contributed by atoms with Gasteiger partial charge in [0.2, 0.25) is 11.6 Å². The highest BCUT2D eigenvalue weighted by Gasteiger charge is 2.42. The van der Waals surface area contributed by atoms with Crippen molar-refractivity contribution in [1.82, 2.24) is 0 Å². The Morgan fingerprint density at radius 2 is 1.06 bits per heavy atom. The molecule has 0 saturated heterocycles. The zero-order valence-corrected chi connectivity index (χ0v) is 21.8. The Labute approximate surface area is 206 Å². The van der Waals surface area contributed by atoms with Crippen molar-refractivity contribution in [3.05, 3.63) is 67.9 Å². The van der Waals surface area contributed by atoms with E-state index >= 15 is 0 Å². The van der Waals surface area contributed by atoms with Crippen molar-refractivity contribution in [2.75, 3.05) is 22.9 Å². The average Bonchev–Trinajstić information content (AvgIpc) is 3.18. The summed E-state index contributed by atoms with van der Waals surface area (Å²) in [4.78, 5) is 31.5. The molecule has 0 amide bonds. The van der Waals surface area contributed by atoms with Crippen LogP contribution in [0.3, 0.4) is 0 Å². The number of nitrogens with zero attached hydrogens (tertiary/aromatic N) is 2. The molecule has 4 rings (SSSR count). The van der Waals surface area contributed by atoms with Crippen molar-refractivity contribution in [1.29, 1.82) is 0 Å². The van der Waals surface area contributed by atoms with Gasteiger partial charge in [0.25, 0.3) is 0 Å². The number of hydrogen-bond acceptors (Lipinski definition) is 4. The fraction of sp³-hybridized carbons (Fsp3) is 0.385. The highest BCUT2D eigenvalue weighted by atomic mass is 79.9.